The predicted octanol–water partition coefficient (Wildman–Crippen LogP) is 1.91. The van der Waals surface area contributed by atoms with Crippen LogP contribution in [0.4, 0.5) is 0 Å². The summed E-state index contributed by atoms with van der Waals surface area (Å²) in [5.74, 6) is -0.983. The maximum atomic E-state index is 12.6. The molecular weight excluding hydrogens is 392 g/mol. The summed E-state index contributed by atoms with van der Waals surface area (Å²) in [5.41, 5.74) is 2.16. The molecule has 0 unspecified atom stereocenters. The van der Waals surface area contributed by atoms with Crippen molar-refractivity contribution in [3.63, 3.8) is 0 Å². The van der Waals surface area contributed by atoms with Crippen LogP contribution in [0.15, 0.2) is 63.8 Å². The Bertz CT molecular complexity index is 1230. The summed E-state index contributed by atoms with van der Waals surface area (Å²) < 4.78 is 32.2. The molecule has 29 heavy (non-hydrogen) atoms. The van der Waals surface area contributed by atoms with Gasteiger partial charge in [0.2, 0.25) is 10.0 Å². The number of hydrogen-bond donors (Lipinski definition) is 1. The van der Waals surface area contributed by atoms with E-state index in [1.54, 1.807) is 24.3 Å². The van der Waals surface area contributed by atoms with Gasteiger partial charge in [-0.2, -0.15) is 4.31 Å². The molecule has 0 bridgehead atoms. The average Bonchev–Trinajstić information content (AvgIpc) is 2.73. The number of carbonyl (C=O) groups excluding carboxylic acids is 1. The second kappa shape index (κ2) is 7.81. The van der Waals surface area contributed by atoms with Crippen LogP contribution in [-0.4, -0.2) is 37.5 Å². The number of rotatable bonds is 5. The molecule has 0 fully saturated rings. The summed E-state index contributed by atoms with van der Waals surface area (Å²) in [4.78, 5) is 24.4. The normalized spacial score (nSPS) is 14.5. The third-order valence-corrected chi connectivity index (χ3v) is 6.81. The summed E-state index contributed by atoms with van der Waals surface area (Å²) >= 11 is 0. The molecule has 2 heterocycles. The highest BCUT2D eigenvalue weighted by atomic mass is 32.2. The molecule has 8 heteroatoms. The molecule has 150 valence electrons. The summed E-state index contributed by atoms with van der Waals surface area (Å²) in [6.45, 7) is 0.689. The number of para-hydroxylation sites is 1. The lowest BCUT2D eigenvalue weighted by atomic mass is 10.0. The lowest BCUT2D eigenvalue weighted by Gasteiger charge is -2.28. The first kappa shape index (κ1) is 19.4. The first-order valence-electron chi connectivity index (χ1n) is 9.30. The lowest BCUT2D eigenvalue weighted by Crippen LogP contribution is -2.40. The van der Waals surface area contributed by atoms with Crippen molar-refractivity contribution < 1.29 is 17.6 Å². The van der Waals surface area contributed by atoms with Crippen molar-refractivity contribution in [3.05, 3.63) is 81.7 Å². The van der Waals surface area contributed by atoms with Gasteiger partial charge in [-0.3, -0.25) is 9.59 Å². The van der Waals surface area contributed by atoms with Crippen molar-refractivity contribution >= 4 is 26.9 Å². The number of amides is 1. The molecule has 7 nitrogen and oxygen atoms in total. The van der Waals surface area contributed by atoms with Crippen LogP contribution in [0.2, 0.25) is 0 Å². The van der Waals surface area contributed by atoms with Crippen molar-refractivity contribution in [2.75, 3.05) is 18.8 Å². The van der Waals surface area contributed by atoms with E-state index in [0.29, 0.717) is 30.5 Å². The van der Waals surface area contributed by atoms with Gasteiger partial charge in [-0.05, 0) is 29.7 Å². The third-order valence-electron chi connectivity index (χ3n) is 4.99. The molecule has 0 aliphatic carbocycles. The van der Waals surface area contributed by atoms with Gasteiger partial charge in [0, 0.05) is 25.7 Å². The van der Waals surface area contributed by atoms with Gasteiger partial charge in [-0.1, -0.05) is 36.4 Å². The fourth-order valence-corrected chi connectivity index (χ4v) is 4.76. The molecule has 1 aliphatic heterocycles. The van der Waals surface area contributed by atoms with Crippen LogP contribution in [0.1, 0.15) is 21.7 Å². The van der Waals surface area contributed by atoms with Gasteiger partial charge in [0.1, 0.15) is 5.58 Å². The van der Waals surface area contributed by atoms with E-state index in [-0.39, 0.29) is 23.5 Å². The largest absolute Gasteiger partial charge is 0.451 e. The number of hydrogen-bond acceptors (Lipinski definition) is 5. The SMILES string of the molecule is O=C(NCCS(=O)(=O)N1CCc2ccccc2C1)c1cc(=O)c2ccccc2o1. The topological polar surface area (TPSA) is 96.7 Å². The Morgan fingerprint density at radius 2 is 1.79 bits per heavy atom. The van der Waals surface area contributed by atoms with Gasteiger partial charge >= 0.3 is 0 Å². The minimum Gasteiger partial charge on any atom is -0.451 e. The van der Waals surface area contributed by atoms with E-state index in [4.69, 9.17) is 4.42 Å². The standard InChI is InChI=1S/C21H20N2O5S/c24-18-13-20(28-19-8-4-3-7-17(18)19)21(25)22-10-12-29(26,27)23-11-9-15-5-1-2-6-16(15)14-23/h1-8,13H,9-12,14H2,(H,22,25). The van der Waals surface area contributed by atoms with Crippen LogP contribution in [0.5, 0.6) is 0 Å². The zero-order valence-electron chi connectivity index (χ0n) is 15.6. The monoisotopic (exact) mass is 412 g/mol. The van der Waals surface area contributed by atoms with Gasteiger partial charge in [-0.25, -0.2) is 8.42 Å². The molecule has 3 aromatic rings. The van der Waals surface area contributed by atoms with Crippen molar-refractivity contribution in [3.8, 4) is 0 Å². The Labute approximate surface area is 168 Å². The molecule has 0 atom stereocenters. The van der Waals surface area contributed by atoms with Crippen molar-refractivity contribution in [1.82, 2.24) is 9.62 Å². The van der Waals surface area contributed by atoms with Crippen LogP contribution in [-0.2, 0) is 23.0 Å². The van der Waals surface area contributed by atoms with Gasteiger partial charge in [0.25, 0.3) is 5.91 Å². The smallest absolute Gasteiger partial charge is 0.287 e. The Balaban J connectivity index is 1.40. The van der Waals surface area contributed by atoms with E-state index in [1.807, 2.05) is 24.3 Å². The zero-order valence-corrected chi connectivity index (χ0v) is 16.4. The molecule has 4 rings (SSSR count). The maximum Gasteiger partial charge on any atom is 0.287 e. The lowest BCUT2D eigenvalue weighted by molar-refractivity contribution is 0.0929. The zero-order chi connectivity index (χ0) is 20.4. The summed E-state index contributed by atoms with van der Waals surface area (Å²) in [5, 5.41) is 2.91. The molecule has 1 N–H and O–H groups in total. The van der Waals surface area contributed by atoms with Gasteiger partial charge < -0.3 is 9.73 Å². The molecule has 0 saturated heterocycles. The van der Waals surface area contributed by atoms with Crippen molar-refractivity contribution in [2.45, 2.75) is 13.0 Å². The molecular formula is C21H20N2O5S. The van der Waals surface area contributed by atoms with Gasteiger partial charge in [0.15, 0.2) is 11.2 Å². The average molecular weight is 412 g/mol. The highest BCUT2D eigenvalue weighted by Crippen LogP contribution is 2.21. The Hall–Kier alpha value is -2.97. The van der Waals surface area contributed by atoms with Crippen LogP contribution >= 0.6 is 0 Å². The number of nitrogens with one attached hydrogen (secondary N) is 1. The van der Waals surface area contributed by atoms with E-state index < -0.39 is 15.9 Å². The number of benzene rings is 2. The third kappa shape index (κ3) is 4.08. The summed E-state index contributed by atoms with van der Waals surface area (Å²) in [6.07, 6.45) is 0.671. The van der Waals surface area contributed by atoms with Crippen molar-refractivity contribution in [1.29, 1.82) is 0 Å². The highest BCUT2D eigenvalue weighted by molar-refractivity contribution is 7.89. The minimum atomic E-state index is -3.52. The molecule has 0 spiro atoms. The number of nitrogens with zero attached hydrogens (tertiary/aromatic N) is 1. The number of sulfonamides is 1. The molecule has 2 aromatic carbocycles. The molecule has 0 radical (unpaired) electrons. The number of carbonyl (C=O) groups is 1. The summed E-state index contributed by atoms with van der Waals surface area (Å²) in [6, 6.07) is 15.5. The Morgan fingerprint density at radius 1 is 1.07 bits per heavy atom. The van der Waals surface area contributed by atoms with Gasteiger partial charge in [-0.15, -0.1) is 0 Å². The quantitative estimate of drug-likeness (QED) is 0.691. The van der Waals surface area contributed by atoms with E-state index >= 15 is 0 Å². The summed E-state index contributed by atoms with van der Waals surface area (Å²) in [7, 11) is -3.52. The van der Waals surface area contributed by atoms with Crippen LogP contribution in [0.3, 0.4) is 0 Å². The molecule has 0 saturated carbocycles. The van der Waals surface area contributed by atoms with Gasteiger partial charge in [0.05, 0.1) is 11.1 Å². The van der Waals surface area contributed by atoms with E-state index in [9.17, 15) is 18.0 Å². The van der Waals surface area contributed by atoms with Crippen LogP contribution in [0.25, 0.3) is 11.0 Å². The predicted molar refractivity (Wildman–Crippen MR) is 109 cm³/mol. The van der Waals surface area contributed by atoms with Crippen LogP contribution < -0.4 is 10.7 Å². The van der Waals surface area contributed by atoms with E-state index in [1.165, 1.54) is 9.87 Å². The Morgan fingerprint density at radius 3 is 2.62 bits per heavy atom. The second-order valence-electron chi connectivity index (χ2n) is 6.90. The first-order valence-corrected chi connectivity index (χ1v) is 10.9. The van der Waals surface area contributed by atoms with E-state index in [2.05, 4.69) is 5.32 Å². The second-order valence-corrected chi connectivity index (χ2v) is 8.98. The highest BCUT2D eigenvalue weighted by Gasteiger charge is 2.26. The molecule has 1 amide bonds. The Kier molecular flexibility index (Phi) is 5.21. The maximum absolute atomic E-state index is 12.6. The van der Waals surface area contributed by atoms with E-state index in [0.717, 1.165) is 11.6 Å². The fraction of sp³-hybridized carbons (Fsp3) is 0.238. The number of fused-ring (bicyclic) bond motifs is 2. The molecule has 1 aromatic heterocycles. The molecule has 1 aliphatic rings. The van der Waals surface area contributed by atoms with Crippen molar-refractivity contribution in [2.24, 2.45) is 0 Å². The fourth-order valence-electron chi connectivity index (χ4n) is 3.43. The minimum absolute atomic E-state index is 0.0736. The first-order chi connectivity index (χ1) is 13.9. The van der Waals surface area contributed by atoms with Crippen LogP contribution in [0, 0.1) is 0 Å².